The van der Waals surface area contributed by atoms with Crippen molar-refractivity contribution in [3.8, 4) is 6.07 Å². The maximum Gasteiger partial charge on any atom is 0.224 e. The van der Waals surface area contributed by atoms with Gasteiger partial charge in [0.05, 0.1) is 24.5 Å². The number of hydrogen-bond acceptors (Lipinski definition) is 3. The minimum atomic E-state index is -0.883. The van der Waals surface area contributed by atoms with E-state index in [4.69, 9.17) is 5.26 Å². The SMILES string of the molecule is CC(C)CCC(C)(O)CNC(=O)Cc1ccccc1CC#N. The van der Waals surface area contributed by atoms with Crippen molar-refractivity contribution in [2.24, 2.45) is 5.92 Å². The molecule has 4 nitrogen and oxygen atoms in total. The number of hydrogen-bond donors (Lipinski definition) is 2. The molecule has 0 aliphatic rings. The van der Waals surface area contributed by atoms with E-state index in [1.165, 1.54) is 0 Å². The molecule has 0 fully saturated rings. The molecule has 2 N–H and O–H groups in total. The Morgan fingerprint density at radius 2 is 2.00 bits per heavy atom. The van der Waals surface area contributed by atoms with Gasteiger partial charge in [0.1, 0.15) is 0 Å². The van der Waals surface area contributed by atoms with Gasteiger partial charge < -0.3 is 10.4 Å². The lowest BCUT2D eigenvalue weighted by atomic mass is 9.95. The first-order valence-corrected chi connectivity index (χ1v) is 7.77. The summed E-state index contributed by atoms with van der Waals surface area (Å²) in [7, 11) is 0. The zero-order valence-corrected chi connectivity index (χ0v) is 13.7. The van der Waals surface area contributed by atoms with Gasteiger partial charge in [-0.15, -0.1) is 0 Å². The summed E-state index contributed by atoms with van der Waals surface area (Å²) in [5.74, 6) is 0.398. The summed E-state index contributed by atoms with van der Waals surface area (Å²) >= 11 is 0. The second-order valence-corrected chi connectivity index (χ2v) is 6.49. The van der Waals surface area contributed by atoms with Crippen LogP contribution in [0.3, 0.4) is 0 Å². The minimum Gasteiger partial charge on any atom is -0.388 e. The number of carbonyl (C=O) groups is 1. The van der Waals surface area contributed by atoms with E-state index in [9.17, 15) is 9.90 Å². The van der Waals surface area contributed by atoms with Crippen molar-refractivity contribution in [1.82, 2.24) is 5.32 Å². The van der Waals surface area contributed by atoms with Gasteiger partial charge in [-0.2, -0.15) is 5.26 Å². The predicted molar refractivity (Wildman–Crippen MR) is 87.2 cm³/mol. The van der Waals surface area contributed by atoms with Crippen LogP contribution in [0, 0.1) is 17.2 Å². The van der Waals surface area contributed by atoms with Crippen LogP contribution in [0.1, 0.15) is 44.7 Å². The third kappa shape index (κ3) is 6.73. The summed E-state index contributed by atoms with van der Waals surface area (Å²) in [6, 6.07) is 9.57. The van der Waals surface area contributed by atoms with E-state index in [0.717, 1.165) is 17.5 Å². The molecule has 4 heteroatoms. The molecule has 0 spiro atoms. The monoisotopic (exact) mass is 302 g/mol. The zero-order valence-electron chi connectivity index (χ0n) is 13.7. The van der Waals surface area contributed by atoms with E-state index in [2.05, 4.69) is 25.2 Å². The fraction of sp³-hybridized carbons (Fsp3) is 0.556. The van der Waals surface area contributed by atoms with Gasteiger partial charge in [0, 0.05) is 6.54 Å². The Hall–Kier alpha value is -1.86. The highest BCUT2D eigenvalue weighted by molar-refractivity contribution is 5.79. The Kier molecular flexibility index (Phi) is 7.07. The van der Waals surface area contributed by atoms with Crippen LogP contribution in [-0.2, 0) is 17.6 Å². The van der Waals surface area contributed by atoms with E-state index < -0.39 is 5.60 Å². The summed E-state index contributed by atoms with van der Waals surface area (Å²) in [6.45, 7) is 6.22. The van der Waals surface area contributed by atoms with Gasteiger partial charge in [0.2, 0.25) is 5.91 Å². The van der Waals surface area contributed by atoms with Crippen LogP contribution in [0.2, 0.25) is 0 Å². The number of amides is 1. The van der Waals surface area contributed by atoms with Gasteiger partial charge in [-0.25, -0.2) is 0 Å². The van der Waals surface area contributed by atoms with Crippen LogP contribution in [0.4, 0.5) is 0 Å². The van der Waals surface area contributed by atoms with Gasteiger partial charge in [-0.1, -0.05) is 38.1 Å². The molecule has 0 aliphatic heterocycles. The van der Waals surface area contributed by atoms with Crippen LogP contribution in [0.15, 0.2) is 24.3 Å². The Morgan fingerprint density at radius 1 is 1.36 bits per heavy atom. The number of benzene rings is 1. The molecule has 1 unspecified atom stereocenters. The van der Waals surface area contributed by atoms with Gasteiger partial charge in [0.15, 0.2) is 0 Å². The highest BCUT2D eigenvalue weighted by Crippen LogP contribution is 2.16. The van der Waals surface area contributed by atoms with Gasteiger partial charge in [-0.05, 0) is 36.8 Å². The molecule has 0 aromatic heterocycles. The van der Waals surface area contributed by atoms with Crippen LogP contribution in [0.25, 0.3) is 0 Å². The third-order valence-electron chi connectivity index (χ3n) is 3.67. The molecule has 1 rings (SSSR count). The molecule has 1 aromatic carbocycles. The average molecular weight is 302 g/mol. The first kappa shape index (κ1) is 18.2. The average Bonchev–Trinajstić information content (AvgIpc) is 2.46. The van der Waals surface area contributed by atoms with Crippen LogP contribution < -0.4 is 5.32 Å². The highest BCUT2D eigenvalue weighted by Gasteiger charge is 2.21. The van der Waals surface area contributed by atoms with Crippen molar-refractivity contribution in [2.45, 2.75) is 52.1 Å². The number of nitrogens with zero attached hydrogens (tertiary/aromatic N) is 1. The lowest BCUT2D eigenvalue weighted by molar-refractivity contribution is -0.121. The number of nitriles is 1. The van der Waals surface area contributed by atoms with E-state index in [0.29, 0.717) is 18.8 Å². The molecular formula is C18H26N2O2. The van der Waals surface area contributed by atoms with Crippen molar-refractivity contribution in [1.29, 1.82) is 5.26 Å². The minimum absolute atomic E-state index is 0.129. The standard InChI is InChI=1S/C18H26N2O2/c1-14(2)8-10-18(3,22)13-20-17(21)12-16-7-5-4-6-15(16)9-11-19/h4-7,14,22H,8-10,12-13H2,1-3H3,(H,20,21). The molecule has 0 aliphatic carbocycles. The van der Waals surface area contributed by atoms with Crippen molar-refractivity contribution in [3.05, 3.63) is 35.4 Å². The molecular weight excluding hydrogens is 276 g/mol. The number of rotatable bonds is 8. The van der Waals surface area contributed by atoms with Gasteiger partial charge in [-0.3, -0.25) is 4.79 Å². The van der Waals surface area contributed by atoms with Crippen molar-refractivity contribution >= 4 is 5.91 Å². The number of nitrogens with one attached hydrogen (secondary N) is 1. The van der Waals surface area contributed by atoms with E-state index in [-0.39, 0.29) is 18.9 Å². The Balaban J connectivity index is 2.52. The fourth-order valence-corrected chi connectivity index (χ4v) is 2.20. The van der Waals surface area contributed by atoms with Crippen LogP contribution in [0.5, 0.6) is 0 Å². The van der Waals surface area contributed by atoms with E-state index in [1.54, 1.807) is 6.92 Å². The second kappa shape index (κ2) is 8.55. The molecule has 1 atom stereocenters. The third-order valence-corrected chi connectivity index (χ3v) is 3.67. The summed E-state index contributed by atoms with van der Waals surface area (Å²) < 4.78 is 0. The molecule has 0 bridgehead atoms. The van der Waals surface area contributed by atoms with Crippen LogP contribution >= 0.6 is 0 Å². The molecule has 22 heavy (non-hydrogen) atoms. The lowest BCUT2D eigenvalue weighted by Gasteiger charge is -2.24. The van der Waals surface area contributed by atoms with E-state index >= 15 is 0 Å². The van der Waals surface area contributed by atoms with E-state index in [1.807, 2.05) is 24.3 Å². The largest absolute Gasteiger partial charge is 0.388 e. The normalized spacial score (nSPS) is 13.5. The molecule has 0 radical (unpaired) electrons. The summed E-state index contributed by atoms with van der Waals surface area (Å²) in [5, 5.41) is 21.9. The van der Waals surface area contributed by atoms with Crippen molar-refractivity contribution < 1.29 is 9.90 Å². The molecule has 1 amide bonds. The fourth-order valence-electron chi connectivity index (χ4n) is 2.20. The zero-order chi connectivity index (χ0) is 16.6. The van der Waals surface area contributed by atoms with Crippen LogP contribution in [-0.4, -0.2) is 23.2 Å². The topological polar surface area (TPSA) is 73.1 Å². The number of carbonyl (C=O) groups excluding carboxylic acids is 1. The summed E-state index contributed by atoms with van der Waals surface area (Å²) in [4.78, 5) is 12.0. The molecule has 1 aromatic rings. The maximum atomic E-state index is 12.0. The van der Waals surface area contributed by atoms with Gasteiger partial charge >= 0.3 is 0 Å². The highest BCUT2D eigenvalue weighted by atomic mass is 16.3. The summed E-state index contributed by atoms with van der Waals surface area (Å²) in [5.41, 5.74) is 0.863. The quantitative estimate of drug-likeness (QED) is 0.775. The second-order valence-electron chi connectivity index (χ2n) is 6.49. The number of aliphatic hydroxyl groups is 1. The Bertz CT molecular complexity index is 530. The first-order valence-electron chi connectivity index (χ1n) is 7.77. The van der Waals surface area contributed by atoms with Crippen molar-refractivity contribution in [3.63, 3.8) is 0 Å². The predicted octanol–water partition coefficient (Wildman–Crippen LogP) is 2.60. The van der Waals surface area contributed by atoms with Gasteiger partial charge in [0.25, 0.3) is 0 Å². The Morgan fingerprint density at radius 3 is 2.59 bits per heavy atom. The van der Waals surface area contributed by atoms with Crippen molar-refractivity contribution in [2.75, 3.05) is 6.54 Å². The Labute approximate surface area is 133 Å². The smallest absolute Gasteiger partial charge is 0.224 e. The molecule has 0 saturated carbocycles. The molecule has 120 valence electrons. The first-order chi connectivity index (χ1) is 10.3. The maximum absolute atomic E-state index is 12.0. The summed E-state index contributed by atoms with van der Waals surface area (Å²) in [6.07, 6.45) is 2.12. The molecule has 0 saturated heterocycles. The molecule has 0 heterocycles. The lowest BCUT2D eigenvalue weighted by Crippen LogP contribution is -2.41.